The molecule has 0 bridgehead atoms. The van der Waals surface area contributed by atoms with Gasteiger partial charge in [0.1, 0.15) is 0 Å². The lowest BCUT2D eigenvalue weighted by atomic mass is 10.1. The highest BCUT2D eigenvalue weighted by Crippen LogP contribution is 2.27. The number of halogens is 1. The molecule has 0 amide bonds. The highest BCUT2D eigenvalue weighted by atomic mass is 35.5. The van der Waals surface area contributed by atoms with Crippen LogP contribution in [-0.4, -0.2) is 29.1 Å². The molecule has 1 fully saturated rings. The fourth-order valence-electron chi connectivity index (χ4n) is 2.84. The molecule has 1 aliphatic heterocycles. The van der Waals surface area contributed by atoms with Crippen molar-refractivity contribution in [1.29, 1.82) is 0 Å². The molecule has 0 spiro atoms. The first-order valence-corrected chi connectivity index (χ1v) is 7.63. The molecule has 1 saturated heterocycles. The van der Waals surface area contributed by atoms with Crippen LogP contribution in [0.1, 0.15) is 18.4 Å². The van der Waals surface area contributed by atoms with Crippen molar-refractivity contribution in [2.75, 3.05) is 18.0 Å². The zero-order valence-corrected chi connectivity index (χ0v) is 12.8. The van der Waals surface area contributed by atoms with Crippen LogP contribution in [-0.2, 0) is 0 Å². The monoisotopic (exact) mass is 302 g/mol. The van der Waals surface area contributed by atoms with Gasteiger partial charge in [-0.25, -0.2) is 9.97 Å². The Bertz CT molecular complexity index is 644. The second kappa shape index (κ2) is 6.00. The van der Waals surface area contributed by atoms with Gasteiger partial charge in [-0.3, -0.25) is 0 Å². The summed E-state index contributed by atoms with van der Waals surface area (Å²) in [5.74, 6) is 0.767. The van der Waals surface area contributed by atoms with E-state index in [1.165, 1.54) is 0 Å². The third-order valence-corrected chi connectivity index (χ3v) is 4.20. The molecule has 2 N–H and O–H groups in total. The third kappa shape index (κ3) is 2.87. The van der Waals surface area contributed by atoms with E-state index in [0.717, 1.165) is 42.2 Å². The van der Waals surface area contributed by atoms with Crippen LogP contribution in [0.4, 0.5) is 5.95 Å². The summed E-state index contributed by atoms with van der Waals surface area (Å²) >= 11 is 6.09. The van der Waals surface area contributed by atoms with Crippen molar-refractivity contribution in [1.82, 2.24) is 9.97 Å². The lowest BCUT2D eigenvalue weighted by Gasteiger charge is -2.24. The molecule has 1 aromatic heterocycles. The summed E-state index contributed by atoms with van der Waals surface area (Å²) < 4.78 is 0. The Kier molecular flexibility index (Phi) is 4.08. The molecule has 0 radical (unpaired) electrons. The lowest BCUT2D eigenvalue weighted by Crippen LogP contribution is -2.36. The number of nitrogens with zero attached hydrogens (tertiary/aromatic N) is 3. The molecule has 21 heavy (non-hydrogen) atoms. The summed E-state index contributed by atoms with van der Waals surface area (Å²) in [4.78, 5) is 11.5. The smallest absolute Gasteiger partial charge is 0.226 e. The second-order valence-electron chi connectivity index (χ2n) is 5.44. The Morgan fingerprint density at radius 3 is 3.05 bits per heavy atom. The third-order valence-electron chi connectivity index (χ3n) is 3.96. The van der Waals surface area contributed by atoms with E-state index >= 15 is 0 Å². The average molecular weight is 303 g/mol. The standard InChI is InChI=1S/C16H19ClN4/c1-11-10-19-16(21-7-3-6-14(21)9-18)20-15(11)12-4-2-5-13(17)8-12/h2,4-5,8,10,14H,3,6-7,9,18H2,1H3. The van der Waals surface area contributed by atoms with E-state index in [2.05, 4.69) is 9.88 Å². The number of rotatable bonds is 3. The summed E-state index contributed by atoms with van der Waals surface area (Å²) in [6, 6.07) is 8.12. The normalized spacial score (nSPS) is 18.2. The van der Waals surface area contributed by atoms with E-state index in [4.69, 9.17) is 22.3 Å². The predicted molar refractivity (Wildman–Crippen MR) is 86.6 cm³/mol. The van der Waals surface area contributed by atoms with Gasteiger partial charge in [-0.1, -0.05) is 23.7 Å². The van der Waals surface area contributed by atoms with Crippen molar-refractivity contribution in [3.8, 4) is 11.3 Å². The van der Waals surface area contributed by atoms with Gasteiger partial charge in [-0.15, -0.1) is 0 Å². The van der Waals surface area contributed by atoms with Crippen LogP contribution in [0.25, 0.3) is 11.3 Å². The van der Waals surface area contributed by atoms with E-state index in [1.807, 2.05) is 37.4 Å². The Labute approximate surface area is 130 Å². The number of hydrogen-bond donors (Lipinski definition) is 1. The van der Waals surface area contributed by atoms with Gasteiger partial charge in [0, 0.05) is 35.9 Å². The molecule has 1 aliphatic rings. The Balaban J connectivity index is 2.00. The van der Waals surface area contributed by atoms with Gasteiger partial charge >= 0.3 is 0 Å². The summed E-state index contributed by atoms with van der Waals surface area (Å²) in [7, 11) is 0. The van der Waals surface area contributed by atoms with Crippen LogP contribution in [0.15, 0.2) is 30.5 Å². The molecule has 2 heterocycles. The Morgan fingerprint density at radius 1 is 1.43 bits per heavy atom. The van der Waals surface area contributed by atoms with Crippen molar-refractivity contribution in [2.24, 2.45) is 5.73 Å². The molecule has 3 rings (SSSR count). The number of aryl methyl sites for hydroxylation is 1. The topological polar surface area (TPSA) is 55.0 Å². The minimum Gasteiger partial charge on any atom is -0.337 e. The van der Waals surface area contributed by atoms with Crippen LogP contribution in [0, 0.1) is 6.92 Å². The van der Waals surface area contributed by atoms with Crippen LogP contribution in [0.5, 0.6) is 0 Å². The molecular formula is C16H19ClN4. The van der Waals surface area contributed by atoms with Crippen molar-refractivity contribution in [3.63, 3.8) is 0 Å². The summed E-state index contributed by atoms with van der Waals surface area (Å²) in [5.41, 5.74) is 8.85. The highest BCUT2D eigenvalue weighted by molar-refractivity contribution is 6.30. The van der Waals surface area contributed by atoms with Gasteiger partial charge in [0.2, 0.25) is 5.95 Å². The maximum atomic E-state index is 6.09. The highest BCUT2D eigenvalue weighted by Gasteiger charge is 2.25. The molecular weight excluding hydrogens is 284 g/mol. The van der Waals surface area contributed by atoms with Crippen molar-refractivity contribution >= 4 is 17.5 Å². The molecule has 1 unspecified atom stereocenters. The van der Waals surface area contributed by atoms with Gasteiger partial charge in [-0.2, -0.15) is 0 Å². The van der Waals surface area contributed by atoms with Crippen LogP contribution >= 0.6 is 11.6 Å². The Hall–Kier alpha value is -1.65. The first-order chi connectivity index (χ1) is 10.2. The predicted octanol–water partition coefficient (Wildman–Crippen LogP) is 3.03. The van der Waals surface area contributed by atoms with Gasteiger partial charge in [0.25, 0.3) is 0 Å². The molecule has 1 aromatic carbocycles. The molecule has 5 heteroatoms. The van der Waals surface area contributed by atoms with E-state index in [1.54, 1.807) is 0 Å². The molecule has 2 aromatic rings. The molecule has 1 atom stereocenters. The van der Waals surface area contributed by atoms with Gasteiger partial charge in [0.05, 0.1) is 5.69 Å². The summed E-state index contributed by atoms with van der Waals surface area (Å²) in [6.07, 6.45) is 4.14. The minimum atomic E-state index is 0.347. The minimum absolute atomic E-state index is 0.347. The number of benzene rings is 1. The molecule has 110 valence electrons. The van der Waals surface area contributed by atoms with Gasteiger partial charge in [0.15, 0.2) is 0 Å². The lowest BCUT2D eigenvalue weighted by molar-refractivity contribution is 0.664. The maximum absolute atomic E-state index is 6.09. The fourth-order valence-corrected chi connectivity index (χ4v) is 3.03. The zero-order chi connectivity index (χ0) is 14.8. The quantitative estimate of drug-likeness (QED) is 0.947. The molecule has 0 aliphatic carbocycles. The Morgan fingerprint density at radius 2 is 2.29 bits per heavy atom. The van der Waals surface area contributed by atoms with E-state index in [-0.39, 0.29) is 0 Å². The maximum Gasteiger partial charge on any atom is 0.226 e. The fraction of sp³-hybridized carbons (Fsp3) is 0.375. The SMILES string of the molecule is Cc1cnc(N2CCCC2CN)nc1-c1cccc(Cl)c1. The van der Waals surface area contributed by atoms with E-state index in [9.17, 15) is 0 Å². The second-order valence-corrected chi connectivity index (χ2v) is 5.87. The van der Waals surface area contributed by atoms with Crippen molar-refractivity contribution < 1.29 is 0 Å². The first kappa shape index (κ1) is 14.3. The van der Waals surface area contributed by atoms with Gasteiger partial charge in [-0.05, 0) is 37.5 Å². The summed E-state index contributed by atoms with van der Waals surface area (Å²) in [5, 5.41) is 0.716. The van der Waals surface area contributed by atoms with E-state index < -0.39 is 0 Å². The van der Waals surface area contributed by atoms with Crippen molar-refractivity contribution in [3.05, 3.63) is 41.0 Å². The van der Waals surface area contributed by atoms with Gasteiger partial charge < -0.3 is 10.6 Å². The van der Waals surface area contributed by atoms with E-state index in [0.29, 0.717) is 17.6 Å². The van der Waals surface area contributed by atoms with Crippen LogP contribution in [0.2, 0.25) is 5.02 Å². The number of anilines is 1. The average Bonchev–Trinajstić information content (AvgIpc) is 2.96. The molecule has 0 saturated carbocycles. The number of hydrogen-bond acceptors (Lipinski definition) is 4. The van der Waals surface area contributed by atoms with Crippen LogP contribution < -0.4 is 10.6 Å². The van der Waals surface area contributed by atoms with Crippen molar-refractivity contribution in [2.45, 2.75) is 25.8 Å². The zero-order valence-electron chi connectivity index (χ0n) is 12.1. The molecule has 4 nitrogen and oxygen atoms in total. The first-order valence-electron chi connectivity index (χ1n) is 7.25. The summed E-state index contributed by atoms with van der Waals surface area (Å²) in [6.45, 7) is 3.63. The number of aromatic nitrogens is 2. The largest absolute Gasteiger partial charge is 0.337 e. The number of nitrogens with two attached hydrogens (primary N) is 1. The van der Waals surface area contributed by atoms with Crippen LogP contribution in [0.3, 0.4) is 0 Å².